The van der Waals surface area contributed by atoms with E-state index in [0.717, 1.165) is 0 Å². The summed E-state index contributed by atoms with van der Waals surface area (Å²) in [6, 6.07) is 1.95. The smallest absolute Gasteiger partial charge is 0.248 e. The molecule has 1 heterocycles. The van der Waals surface area contributed by atoms with Gasteiger partial charge in [-0.15, -0.1) is 0 Å². The minimum atomic E-state index is -0.0183. The van der Waals surface area contributed by atoms with E-state index in [0.29, 0.717) is 19.4 Å². The molecule has 1 rings (SSSR count). The Morgan fingerprint density at radius 3 is 3.20 bits per heavy atom. The zero-order valence-electron chi connectivity index (χ0n) is 5.45. The van der Waals surface area contributed by atoms with Gasteiger partial charge in [0, 0.05) is 6.21 Å². The van der Waals surface area contributed by atoms with Crippen LogP contribution in [-0.4, -0.2) is 23.7 Å². The molecule has 10 heavy (non-hydrogen) atoms. The van der Waals surface area contributed by atoms with Gasteiger partial charge in [-0.1, -0.05) is 0 Å². The van der Waals surface area contributed by atoms with Gasteiger partial charge in [0.1, 0.15) is 0 Å². The van der Waals surface area contributed by atoms with Crippen LogP contribution < -0.4 is 0 Å². The Hall–Kier alpha value is -1.37. The van der Waals surface area contributed by atoms with Gasteiger partial charge in [0.15, 0.2) is 0 Å². The maximum atomic E-state index is 10.8. The zero-order valence-corrected chi connectivity index (χ0v) is 5.45. The van der Waals surface area contributed by atoms with Crippen molar-refractivity contribution >= 4 is 12.1 Å². The fraction of sp³-hybridized carbons (Fsp3) is 0.500. The third-order valence-electron chi connectivity index (χ3n) is 1.21. The van der Waals surface area contributed by atoms with Crippen LogP contribution in [0.25, 0.3) is 0 Å². The van der Waals surface area contributed by atoms with Crippen molar-refractivity contribution in [1.29, 1.82) is 5.26 Å². The predicted molar refractivity (Wildman–Crippen MR) is 35.1 cm³/mol. The molecule has 0 aromatic heterocycles. The van der Waals surface area contributed by atoms with E-state index in [4.69, 9.17) is 5.26 Å². The van der Waals surface area contributed by atoms with Crippen molar-refractivity contribution in [3.8, 4) is 6.07 Å². The molecule has 0 aromatic rings. The molecule has 0 spiro atoms. The second kappa shape index (κ2) is 2.97. The first-order valence-electron chi connectivity index (χ1n) is 3.04. The van der Waals surface area contributed by atoms with Crippen molar-refractivity contribution in [3.63, 3.8) is 0 Å². The number of hydrazone groups is 1. The molecular weight excluding hydrogens is 130 g/mol. The van der Waals surface area contributed by atoms with E-state index < -0.39 is 0 Å². The number of nitrogens with zero attached hydrogens (tertiary/aromatic N) is 3. The van der Waals surface area contributed by atoms with Crippen LogP contribution in [0, 0.1) is 11.3 Å². The van der Waals surface area contributed by atoms with Gasteiger partial charge in [-0.2, -0.15) is 10.4 Å². The maximum absolute atomic E-state index is 10.8. The molecule has 52 valence electrons. The van der Waals surface area contributed by atoms with Gasteiger partial charge in [0.25, 0.3) is 0 Å². The summed E-state index contributed by atoms with van der Waals surface area (Å²) < 4.78 is 0. The minimum absolute atomic E-state index is 0.0183. The molecule has 1 aliphatic rings. The Morgan fingerprint density at radius 1 is 1.90 bits per heavy atom. The van der Waals surface area contributed by atoms with Crippen LogP contribution in [0.15, 0.2) is 5.10 Å². The largest absolute Gasteiger partial charge is 0.273 e. The molecule has 4 nitrogen and oxygen atoms in total. The van der Waals surface area contributed by atoms with E-state index in [-0.39, 0.29) is 5.91 Å². The van der Waals surface area contributed by atoms with Gasteiger partial charge in [0.05, 0.1) is 25.5 Å². The summed E-state index contributed by atoms with van der Waals surface area (Å²) in [5, 5.41) is 13.3. The maximum Gasteiger partial charge on any atom is 0.248 e. The summed E-state index contributed by atoms with van der Waals surface area (Å²) in [6.07, 6.45) is 2.29. The van der Waals surface area contributed by atoms with E-state index in [1.54, 1.807) is 6.21 Å². The fourth-order valence-electron chi connectivity index (χ4n) is 0.726. The van der Waals surface area contributed by atoms with Crippen molar-refractivity contribution in [2.45, 2.75) is 12.8 Å². The number of amides is 1. The molecule has 0 saturated carbocycles. The summed E-state index contributed by atoms with van der Waals surface area (Å²) in [5.41, 5.74) is 0. The number of nitriles is 1. The zero-order chi connectivity index (χ0) is 7.40. The molecule has 0 bridgehead atoms. The highest BCUT2D eigenvalue weighted by molar-refractivity contribution is 5.93. The van der Waals surface area contributed by atoms with Gasteiger partial charge in [-0.3, -0.25) is 4.79 Å². The van der Waals surface area contributed by atoms with Gasteiger partial charge >= 0.3 is 0 Å². The Kier molecular flexibility index (Phi) is 2.00. The van der Waals surface area contributed by atoms with Crippen LogP contribution >= 0.6 is 0 Å². The second-order valence-corrected chi connectivity index (χ2v) is 1.93. The quantitative estimate of drug-likeness (QED) is 0.542. The van der Waals surface area contributed by atoms with Crippen LogP contribution in [0.4, 0.5) is 0 Å². The van der Waals surface area contributed by atoms with Crippen LogP contribution in [0.5, 0.6) is 0 Å². The van der Waals surface area contributed by atoms with Gasteiger partial charge in [-0.05, 0) is 0 Å². The first kappa shape index (κ1) is 6.75. The van der Waals surface area contributed by atoms with Crippen LogP contribution in [0.3, 0.4) is 0 Å². The lowest BCUT2D eigenvalue weighted by atomic mass is 10.4. The monoisotopic (exact) mass is 137 g/mol. The molecule has 0 saturated heterocycles. The molecule has 0 radical (unpaired) electrons. The molecular formula is C6H7N3O. The van der Waals surface area contributed by atoms with Crippen LogP contribution in [-0.2, 0) is 4.79 Å². The molecule has 0 N–H and O–H groups in total. The van der Waals surface area contributed by atoms with E-state index in [1.165, 1.54) is 5.01 Å². The lowest BCUT2D eigenvalue weighted by molar-refractivity contribution is -0.128. The van der Waals surface area contributed by atoms with Crippen molar-refractivity contribution in [2.75, 3.05) is 6.54 Å². The van der Waals surface area contributed by atoms with Gasteiger partial charge in [-0.25, -0.2) is 5.01 Å². The standard InChI is InChI=1S/C6H7N3O/c7-3-1-5-9-6(10)2-4-8-9/h4H,1-2,5H2. The highest BCUT2D eigenvalue weighted by Crippen LogP contribution is 2.01. The van der Waals surface area contributed by atoms with Crippen molar-refractivity contribution in [2.24, 2.45) is 5.10 Å². The first-order valence-corrected chi connectivity index (χ1v) is 3.04. The second-order valence-electron chi connectivity index (χ2n) is 1.93. The fourth-order valence-corrected chi connectivity index (χ4v) is 0.726. The highest BCUT2D eigenvalue weighted by Gasteiger charge is 2.14. The Balaban J connectivity index is 2.35. The SMILES string of the molecule is N#CCCN1N=CCC1=O. The molecule has 1 amide bonds. The van der Waals surface area contributed by atoms with Crippen molar-refractivity contribution in [3.05, 3.63) is 0 Å². The number of carbonyl (C=O) groups excluding carboxylic acids is 1. The number of hydrogen-bond donors (Lipinski definition) is 0. The lowest BCUT2D eigenvalue weighted by Gasteiger charge is -2.07. The van der Waals surface area contributed by atoms with Gasteiger partial charge < -0.3 is 0 Å². The summed E-state index contributed by atoms with van der Waals surface area (Å²) in [4.78, 5) is 10.8. The molecule has 4 heteroatoms. The van der Waals surface area contributed by atoms with E-state index >= 15 is 0 Å². The summed E-state index contributed by atoms with van der Waals surface area (Å²) in [7, 11) is 0. The first-order chi connectivity index (χ1) is 4.84. The predicted octanol–water partition coefficient (Wildman–Crippen LogP) is 0.118. The molecule has 0 aliphatic carbocycles. The molecule has 0 unspecified atom stereocenters. The number of carbonyl (C=O) groups is 1. The third kappa shape index (κ3) is 1.32. The van der Waals surface area contributed by atoms with E-state index in [2.05, 4.69) is 5.10 Å². The highest BCUT2D eigenvalue weighted by atomic mass is 16.2. The van der Waals surface area contributed by atoms with Crippen molar-refractivity contribution in [1.82, 2.24) is 5.01 Å². The lowest BCUT2D eigenvalue weighted by Crippen LogP contribution is -2.21. The normalized spacial score (nSPS) is 15.9. The Labute approximate surface area is 58.7 Å². The summed E-state index contributed by atoms with van der Waals surface area (Å²) in [5.74, 6) is -0.0183. The Morgan fingerprint density at radius 2 is 2.70 bits per heavy atom. The third-order valence-corrected chi connectivity index (χ3v) is 1.21. The molecule has 1 aliphatic heterocycles. The summed E-state index contributed by atoms with van der Waals surface area (Å²) in [6.45, 7) is 0.422. The number of rotatable bonds is 2. The van der Waals surface area contributed by atoms with Crippen molar-refractivity contribution < 1.29 is 4.79 Å². The molecule has 0 aromatic carbocycles. The van der Waals surface area contributed by atoms with Crippen LogP contribution in [0.2, 0.25) is 0 Å². The minimum Gasteiger partial charge on any atom is -0.273 e. The van der Waals surface area contributed by atoms with E-state index in [9.17, 15) is 4.79 Å². The molecule has 0 atom stereocenters. The average Bonchev–Trinajstić information content (AvgIpc) is 2.31. The average molecular weight is 137 g/mol. The van der Waals surface area contributed by atoms with Gasteiger partial charge in [0.2, 0.25) is 5.91 Å². The Bertz CT molecular complexity index is 204. The van der Waals surface area contributed by atoms with E-state index in [1.807, 2.05) is 6.07 Å². The summed E-state index contributed by atoms with van der Waals surface area (Å²) >= 11 is 0. The van der Waals surface area contributed by atoms with Crippen LogP contribution in [0.1, 0.15) is 12.8 Å². The topological polar surface area (TPSA) is 56.5 Å². The molecule has 0 fully saturated rings. The number of hydrogen-bond acceptors (Lipinski definition) is 3.